The molecule has 0 spiro atoms. The molecule has 0 aliphatic heterocycles. The molecular weight excluding hydrogens is 216 g/mol. The van der Waals surface area contributed by atoms with Gasteiger partial charge in [-0.05, 0) is 23.7 Å². The first-order valence-corrected chi connectivity index (χ1v) is 8.51. The summed E-state index contributed by atoms with van der Waals surface area (Å²) in [5.74, 6) is 1.73. The van der Waals surface area contributed by atoms with Crippen LogP contribution in [0.1, 0.15) is 99.3 Å². The molecule has 0 aliphatic rings. The van der Waals surface area contributed by atoms with Crippen molar-refractivity contribution in [1.82, 2.24) is 0 Å². The lowest BCUT2D eigenvalue weighted by Gasteiger charge is -2.38. The Morgan fingerprint density at radius 3 is 1.89 bits per heavy atom. The molecule has 0 fully saturated rings. The fraction of sp³-hybridized carbons (Fsp3) is 1.00. The summed E-state index contributed by atoms with van der Waals surface area (Å²) in [6.45, 7) is 14.4. The molecule has 0 saturated heterocycles. The van der Waals surface area contributed by atoms with E-state index in [4.69, 9.17) is 0 Å². The van der Waals surface area contributed by atoms with E-state index in [-0.39, 0.29) is 0 Å². The van der Waals surface area contributed by atoms with E-state index in [1.54, 1.807) is 0 Å². The normalized spacial score (nSPS) is 18.3. The molecule has 3 atom stereocenters. The predicted octanol–water partition coefficient (Wildman–Crippen LogP) is 6.84. The van der Waals surface area contributed by atoms with Gasteiger partial charge in [0.05, 0.1) is 0 Å². The second-order valence-electron chi connectivity index (χ2n) is 6.70. The van der Waals surface area contributed by atoms with Crippen molar-refractivity contribution < 1.29 is 0 Å². The first-order chi connectivity index (χ1) is 8.51. The Morgan fingerprint density at radius 1 is 0.833 bits per heavy atom. The SMILES string of the molecule is CCCCCCCCC(C)(CC)C(C)C(C)CC. The van der Waals surface area contributed by atoms with Gasteiger partial charge in [-0.25, -0.2) is 0 Å². The summed E-state index contributed by atoms with van der Waals surface area (Å²) in [6, 6.07) is 0. The Balaban J connectivity index is 3.99. The second-order valence-corrected chi connectivity index (χ2v) is 6.70. The van der Waals surface area contributed by atoms with Crippen LogP contribution >= 0.6 is 0 Å². The van der Waals surface area contributed by atoms with Crippen LogP contribution in [-0.2, 0) is 0 Å². The third-order valence-electron chi connectivity index (χ3n) is 5.51. The lowest BCUT2D eigenvalue weighted by molar-refractivity contribution is 0.117. The van der Waals surface area contributed by atoms with Gasteiger partial charge < -0.3 is 0 Å². The van der Waals surface area contributed by atoms with E-state index in [0.29, 0.717) is 5.41 Å². The average molecular weight is 255 g/mol. The van der Waals surface area contributed by atoms with Crippen LogP contribution in [0.25, 0.3) is 0 Å². The first kappa shape index (κ1) is 18.0. The molecule has 0 amide bonds. The molecule has 0 bridgehead atoms. The van der Waals surface area contributed by atoms with Crippen molar-refractivity contribution in [1.29, 1.82) is 0 Å². The monoisotopic (exact) mass is 254 g/mol. The predicted molar refractivity (Wildman–Crippen MR) is 85.0 cm³/mol. The molecule has 0 aromatic rings. The minimum absolute atomic E-state index is 0.570. The molecule has 0 rings (SSSR count). The second kappa shape index (κ2) is 9.87. The van der Waals surface area contributed by atoms with E-state index in [2.05, 4.69) is 41.5 Å². The van der Waals surface area contributed by atoms with E-state index in [1.807, 2.05) is 0 Å². The topological polar surface area (TPSA) is 0 Å². The van der Waals surface area contributed by atoms with Crippen LogP contribution in [0.15, 0.2) is 0 Å². The molecule has 18 heavy (non-hydrogen) atoms. The van der Waals surface area contributed by atoms with Crippen LogP contribution in [0.4, 0.5) is 0 Å². The van der Waals surface area contributed by atoms with Gasteiger partial charge in [0, 0.05) is 0 Å². The molecule has 0 nitrogen and oxygen atoms in total. The van der Waals surface area contributed by atoms with Gasteiger partial charge in [-0.1, -0.05) is 92.9 Å². The van der Waals surface area contributed by atoms with Crippen molar-refractivity contribution in [2.45, 2.75) is 99.3 Å². The number of hydrogen-bond donors (Lipinski definition) is 0. The fourth-order valence-electron chi connectivity index (χ4n) is 3.08. The van der Waals surface area contributed by atoms with Crippen LogP contribution < -0.4 is 0 Å². The molecule has 0 heteroatoms. The van der Waals surface area contributed by atoms with Crippen LogP contribution in [0.2, 0.25) is 0 Å². The largest absolute Gasteiger partial charge is 0.0654 e. The van der Waals surface area contributed by atoms with Gasteiger partial charge in [-0.2, -0.15) is 0 Å². The molecule has 0 heterocycles. The van der Waals surface area contributed by atoms with Gasteiger partial charge in [-0.3, -0.25) is 0 Å². The summed E-state index contributed by atoms with van der Waals surface area (Å²) >= 11 is 0. The van der Waals surface area contributed by atoms with Gasteiger partial charge in [0.15, 0.2) is 0 Å². The maximum Gasteiger partial charge on any atom is -0.0300 e. The molecule has 0 aromatic carbocycles. The molecule has 0 aliphatic carbocycles. The highest BCUT2D eigenvalue weighted by Gasteiger charge is 2.31. The first-order valence-electron chi connectivity index (χ1n) is 8.51. The van der Waals surface area contributed by atoms with Gasteiger partial charge >= 0.3 is 0 Å². The number of unbranched alkanes of at least 4 members (excludes halogenated alkanes) is 5. The third-order valence-corrected chi connectivity index (χ3v) is 5.51. The summed E-state index contributed by atoms with van der Waals surface area (Å²) in [4.78, 5) is 0. The average Bonchev–Trinajstić information content (AvgIpc) is 2.40. The highest BCUT2D eigenvalue weighted by atomic mass is 14.4. The molecule has 0 aromatic heterocycles. The van der Waals surface area contributed by atoms with E-state index < -0.39 is 0 Å². The Labute approximate surface area is 117 Å². The van der Waals surface area contributed by atoms with E-state index in [0.717, 1.165) is 11.8 Å². The number of rotatable bonds is 11. The van der Waals surface area contributed by atoms with Crippen molar-refractivity contribution in [3.05, 3.63) is 0 Å². The van der Waals surface area contributed by atoms with Gasteiger partial charge in [0.1, 0.15) is 0 Å². The molecule has 0 radical (unpaired) electrons. The maximum atomic E-state index is 2.52. The molecular formula is C18H38. The lowest BCUT2D eigenvalue weighted by Crippen LogP contribution is -2.29. The molecule has 3 unspecified atom stereocenters. The summed E-state index contributed by atoms with van der Waals surface area (Å²) in [6.07, 6.45) is 12.7. The fourth-order valence-corrected chi connectivity index (χ4v) is 3.08. The van der Waals surface area contributed by atoms with E-state index in [1.165, 1.54) is 57.8 Å². The number of hydrogen-bond acceptors (Lipinski definition) is 0. The van der Waals surface area contributed by atoms with Crippen molar-refractivity contribution in [2.75, 3.05) is 0 Å². The van der Waals surface area contributed by atoms with E-state index in [9.17, 15) is 0 Å². The maximum absolute atomic E-state index is 2.52. The van der Waals surface area contributed by atoms with Gasteiger partial charge in [-0.15, -0.1) is 0 Å². The smallest absolute Gasteiger partial charge is 0.0300 e. The minimum atomic E-state index is 0.570. The summed E-state index contributed by atoms with van der Waals surface area (Å²) in [5.41, 5.74) is 0.570. The lowest BCUT2D eigenvalue weighted by atomic mass is 9.67. The molecule has 0 N–H and O–H groups in total. The zero-order chi connectivity index (χ0) is 14.0. The molecule has 110 valence electrons. The van der Waals surface area contributed by atoms with Crippen molar-refractivity contribution in [3.63, 3.8) is 0 Å². The molecule has 0 saturated carbocycles. The van der Waals surface area contributed by atoms with E-state index >= 15 is 0 Å². The van der Waals surface area contributed by atoms with Crippen molar-refractivity contribution in [3.8, 4) is 0 Å². The van der Waals surface area contributed by atoms with Crippen LogP contribution in [0, 0.1) is 17.3 Å². The Kier molecular flexibility index (Phi) is 9.87. The Morgan fingerprint density at radius 2 is 1.39 bits per heavy atom. The van der Waals surface area contributed by atoms with Crippen LogP contribution in [0.5, 0.6) is 0 Å². The van der Waals surface area contributed by atoms with Crippen LogP contribution in [0.3, 0.4) is 0 Å². The summed E-state index contributed by atoms with van der Waals surface area (Å²) in [5, 5.41) is 0. The van der Waals surface area contributed by atoms with Crippen LogP contribution in [-0.4, -0.2) is 0 Å². The Bertz CT molecular complexity index is 184. The summed E-state index contributed by atoms with van der Waals surface area (Å²) < 4.78 is 0. The zero-order valence-electron chi connectivity index (χ0n) is 14.0. The van der Waals surface area contributed by atoms with Crippen molar-refractivity contribution in [2.24, 2.45) is 17.3 Å². The quantitative estimate of drug-likeness (QED) is 0.354. The zero-order valence-corrected chi connectivity index (χ0v) is 14.0. The standard InChI is InChI=1S/C18H38/c1-7-10-11-12-13-14-15-18(6,9-3)17(5)16(4)8-2/h16-17H,7-15H2,1-6H3. The van der Waals surface area contributed by atoms with Crippen molar-refractivity contribution >= 4 is 0 Å². The highest BCUT2D eigenvalue weighted by molar-refractivity contribution is 4.81. The highest BCUT2D eigenvalue weighted by Crippen LogP contribution is 2.41. The Hall–Kier alpha value is 0. The van der Waals surface area contributed by atoms with Gasteiger partial charge in [0.25, 0.3) is 0 Å². The van der Waals surface area contributed by atoms with Gasteiger partial charge in [0.2, 0.25) is 0 Å². The third kappa shape index (κ3) is 6.25. The summed E-state index contributed by atoms with van der Waals surface area (Å²) in [7, 11) is 0. The minimum Gasteiger partial charge on any atom is -0.0654 e.